The Hall–Kier alpha value is -1.83. The molecule has 0 atom stereocenters. The fourth-order valence-electron chi connectivity index (χ4n) is 1.22. The summed E-state index contributed by atoms with van der Waals surface area (Å²) in [6, 6.07) is 3.49. The Morgan fingerprint density at radius 1 is 1.41 bits per heavy atom. The van der Waals surface area contributed by atoms with Gasteiger partial charge in [-0.15, -0.1) is 0 Å². The van der Waals surface area contributed by atoms with E-state index in [0.29, 0.717) is 11.5 Å². The van der Waals surface area contributed by atoms with E-state index in [2.05, 4.69) is 20.4 Å². The molecule has 2 aromatic rings. The number of hydrogen-bond acceptors (Lipinski definition) is 4. The molecule has 2 rings (SSSR count). The van der Waals surface area contributed by atoms with Crippen molar-refractivity contribution in [2.24, 2.45) is 0 Å². The fraction of sp³-hybridized carbons (Fsp3) is 0.333. The van der Waals surface area contributed by atoms with Crippen molar-refractivity contribution in [3.05, 3.63) is 24.2 Å². The number of alkyl halides is 3. The zero-order chi connectivity index (χ0) is 12.3. The Bertz CT molecular complexity index is 463. The van der Waals surface area contributed by atoms with Crippen molar-refractivity contribution in [3.8, 4) is 11.5 Å². The zero-order valence-corrected chi connectivity index (χ0v) is 8.58. The van der Waals surface area contributed by atoms with Gasteiger partial charge in [-0.1, -0.05) is 5.16 Å². The molecule has 17 heavy (non-hydrogen) atoms. The summed E-state index contributed by atoms with van der Waals surface area (Å²) < 4.78 is 40.4. The SMILES string of the molecule is FC(F)(F)CNCc1nc(-c2ccc[nH]2)no1. The maximum absolute atomic E-state index is 11.9. The first kappa shape index (κ1) is 11.6. The van der Waals surface area contributed by atoms with Gasteiger partial charge in [0.15, 0.2) is 0 Å². The van der Waals surface area contributed by atoms with E-state index in [1.54, 1.807) is 18.3 Å². The molecule has 0 aliphatic carbocycles. The number of rotatable bonds is 4. The summed E-state index contributed by atoms with van der Waals surface area (Å²) in [4.78, 5) is 6.80. The minimum Gasteiger partial charge on any atom is -0.359 e. The highest BCUT2D eigenvalue weighted by atomic mass is 19.4. The van der Waals surface area contributed by atoms with Crippen LogP contribution in [0.4, 0.5) is 13.2 Å². The summed E-state index contributed by atoms with van der Waals surface area (Å²) >= 11 is 0. The molecule has 0 aliphatic heterocycles. The van der Waals surface area contributed by atoms with Crippen molar-refractivity contribution in [1.29, 1.82) is 0 Å². The molecule has 2 heterocycles. The van der Waals surface area contributed by atoms with Gasteiger partial charge in [-0.25, -0.2) is 0 Å². The van der Waals surface area contributed by atoms with Crippen LogP contribution in [0.3, 0.4) is 0 Å². The normalized spacial score (nSPS) is 11.9. The number of nitrogens with zero attached hydrogens (tertiary/aromatic N) is 2. The number of halogens is 3. The Balaban J connectivity index is 1.91. The number of aromatic amines is 1. The molecule has 2 N–H and O–H groups in total. The molecule has 0 amide bonds. The van der Waals surface area contributed by atoms with Gasteiger partial charge in [-0.05, 0) is 12.1 Å². The molecule has 0 radical (unpaired) electrons. The van der Waals surface area contributed by atoms with Crippen LogP contribution in [0.5, 0.6) is 0 Å². The average Bonchev–Trinajstić information content (AvgIpc) is 2.83. The van der Waals surface area contributed by atoms with Gasteiger partial charge in [-0.3, -0.25) is 0 Å². The van der Waals surface area contributed by atoms with Gasteiger partial charge in [0.1, 0.15) is 0 Å². The van der Waals surface area contributed by atoms with Crippen LogP contribution >= 0.6 is 0 Å². The number of hydrogen-bond donors (Lipinski definition) is 2. The van der Waals surface area contributed by atoms with Crippen LogP contribution in [0, 0.1) is 0 Å². The van der Waals surface area contributed by atoms with Crippen molar-refractivity contribution in [1.82, 2.24) is 20.4 Å². The van der Waals surface area contributed by atoms with E-state index in [-0.39, 0.29) is 12.4 Å². The van der Waals surface area contributed by atoms with E-state index in [1.165, 1.54) is 0 Å². The van der Waals surface area contributed by atoms with Gasteiger partial charge < -0.3 is 14.8 Å². The van der Waals surface area contributed by atoms with Crippen LogP contribution in [0.25, 0.3) is 11.5 Å². The molecule has 2 aromatic heterocycles. The van der Waals surface area contributed by atoms with Crippen LogP contribution < -0.4 is 5.32 Å². The standard InChI is InChI=1S/C9H9F3N4O/c10-9(11,12)5-13-4-7-15-8(16-17-7)6-2-1-3-14-6/h1-3,13-14H,4-5H2. The van der Waals surface area contributed by atoms with Crippen LogP contribution in [0.2, 0.25) is 0 Å². The van der Waals surface area contributed by atoms with Crippen LogP contribution in [-0.2, 0) is 6.54 Å². The molecule has 0 saturated carbocycles. The smallest absolute Gasteiger partial charge is 0.359 e. The van der Waals surface area contributed by atoms with E-state index in [0.717, 1.165) is 0 Å². The van der Waals surface area contributed by atoms with Gasteiger partial charge in [-0.2, -0.15) is 18.2 Å². The highest BCUT2D eigenvalue weighted by molar-refractivity contribution is 5.47. The van der Waals surface area contributed by atoms with E-state index < -0.39 is 12.7 Å². The molecule has 0 unspecified atom stereocenters. The van der Waals surface area contributed by atoms with Crippen molar-refractivity contribution < 1.29 is 17.7 Å². The maximum Gasteiger partial charge on any atom is 0.401 e. The quantitative estimate of drug-likeness (QED) is 0.861. The largest absolute Gasteiger partial charge is 0.401 e. The number of H-pyrrole nitrogens is 1. The minimum absolute atomic E-state index is 0.110. The van der Waals surface area contributed by atoms with Gasteiger partial charge in [0.05, 0.1) is 18.8 Å². The van der Waals surface area contributed by atoms with Crippen LogP contribution in [0.1, 0.15) is 5.89 Å². The van der Waals surface area contributed by atoms with Gasteiger partial charge in [0.2, 0.25) is 11.7 Å². The summed E-state index contributed by atoms with van der Waals surface area (Å²) in [7, 11) is 0. The lowest BCUT2D eigenvalue weighted by molar-refractivity contribution is -0.125. The molecule has 0 spiro atoms. The fourth-order valence-corrected chi connectivity index (χ4v) is 1.22. The first-order valence-corrected chi connectivity index (χ1v) is 4.78. The third-order valence-corrected chi connectivity index (χ3v) is 1.91. The first-order valence-electron chi connectivity index (χ1n) is 4.78. The monoisotopic (exact) mass is 246 g/mol. The number of aromatic nitrogens is 3. The second kappa shape index (κ2) is 4.58. The second-order valence-corrected chi connectivity index (χ2v) is 3.31. The summed E-state index contributed by atoms with van der Waals surface area (Å²) in [5.74, 6) is 0.428. The van der Waals surface area contributed by atoms with E-state index in [9.17, 15) is 13.2 Å². The Labute approximate surface area is 94.0 Å². The Kier molecular flexibility index (Phi) is 3.14. The molecule has 0 saturated heterocycles. The van der Waals surface area contributed by atoms with Gasteiger partial charge >= 0.3 is 6.18 Å². The molecule has 0 aromatic carbocycles. The Morgan fingerprint density at radius 2 is 2.24 bits per heavy atom. The van der Waals surface area contributed by atoms with Crippen molar-refractivity contribution in [2.75, 3.05) is 6.54 Å². The molecule has 0 bridgehead atoms. The lowest BCUT2D eigenvalue weighted by Crippen LogP contribution is -2.28. The third kappa shape index (κ3) is 3.31. The van der Waals surface area contributed by atoms with E-state index >= 15 is 0 Å². The summed E-state index contributed by atoms with van der Waals surface area (Å²) in [6.45, 7) is -1.21. The van der Waals surface area contributed by atoms with Crippen molar-refractivity contribution >= 4 is 0 Å². The lowest BCUT2D eigenvalue weighted by Gasteiger charge is -2.05. The predicted molar refractivity (Wildman–Crippen MR) is 51.8 cm³/mol. The first-order chi connectivity index (χ1) is 8.04. The summed E-state index contributed by atoms with van der Waals surface area (Å²) in [5.41, 5.74) is 0.649. The minimum atomic E-state index is -4.25. The number of nitrogens with one attached hydrogen (secondary N) is 2. The molecular weight excluding hydrogens is 237 g/mol. The van der Waals surface area contributed by atoms with Crippen LogP contribution in [0.15, 0.2) is 22.9 Å². The highest BCUT2D eigenvalue weighted by Gasteiger charge is 2.26. The second-order valence-electron chi connectivity index (χ2n) is 3.31. The Morgan fingerprint density at radius 3 is 2.88 bits per heavy atom. The van der Waals surface area contributed by atoms with Gasteiger partial charge in [0, 0.05) is 6.20 Å². The average molecular weight is 246 g/mol. The topological polar surface area (TPSA) is 66.7 Å². The molecular formula is C9H9F3N4O. The molecule has 5 nitrogen and oxygen atoms in total. The van der Waals surface area contributed by atoms with Crippen molar-refractivity contribution in [2.45, 2.75) is 12.7 Å². The lowest BCUT2D eigenvalue weighted by atomic mass is 10.4. The summed E-state index contributed by atoms with van der Waals surface area (Å²) in [6.07, 6.45) is -2.56. The molecule has 8 heteroatoms. The third-order valence-electron chi connectivity index (χ3n) is 1.91. The van der Waals surface area contributed by atoms with E-state index in [1.807, 2.05) is 0 Å². The highest BCUT2D eigenvalue weighted by Crippen LogP contribution is 2.14. The predicted octanol–water partition coefficient (Wildman–Crippen LogP) is 1.72. The zero-order valence-electron chi connectivity index (χ0n) is 8.58. The molecule has 92 valence electrons. The maximum atomic E-state index is 11.9. The van der Waals surface area contributed by atoms with Gasteiger partial charge in [0.25, 0.3) is 0 Å². The molecule has 0 aliphatic rings. The van der Waals surface area contributed by atoms with Crippen molar-refractivity contribution in [3.63, 3.8) is 0 Å². The van der Waals surface area contributed by atoms with E-state index in [4.69, 9.17) is 4.52 Å². The summed E-state index contributed by atoms with van der Waals surface area (Å²) in [5, 5.41) is 5.80. The van der Waals surface area contributed by atoms with Crippen LogP contribution in [-0.4, -0.2) is 27.8 Å². The molecule has 0 fully saturated rings.